The number of fused-ring (bicyclic) bond motifs is 1. The Morgan fingerprint density at radius 3 is 2.95 bits per heavy atom. The SMILES string of the molecule is C=CC(=O)NCCC(=O)O.[c-]1cccc2n[nH]nc12. The van der Waals surface area contributed by atoms with Gasteiger partial charge in [-0.25, -0.2) is 10.3 Å². The minimum absolute atomic E-state index is 0.0560. The third-order valence-corrected chi connectivity index (χ3v) is 1.97. The summed E-state index contributed by atoms with van der Waals surface area (Å²) in [6, 6.07) is 8.50. The molecule has 1 aromatic heterocycles. The molecule has 0 atom stereocenters. The van der Waals surface area contributed by atoms with E-state index in [-0.39, 0.29) is 18.9 Å². The highest BCUT2D eigenvalue weighted by Crippen LogP contribution is 2.02. The lowest BCUT2D eigenvalue weighted by atomic mass is 10.3. The first-order valence-electron chi connectivity index (χ1n) is 5.42. The lowest BCUT2D eigenvalue weighted by Crippen LogP contribution is -2.23. The van der Waals surface area contributed by atoms with Crippen LogP contribution in [0.2, 0.25) is 0 Å². The fraction of sp³-hybridized carbons (Fsp3) is 0.167. The summed E-state index contributed by atoms with van der Waals surface area (Å²) in [4.78, 5) is 20.3. The van der Waals surface area contributed by atoms with Crippen LogP contribution >= 0.6 is 0 Å². The van der Waals surface area contributed by atoms with Gasteiger partial charge in [-0.05, 0) is 11.6 Å². The first kappa shape index (κ1) is 14.4. The van der Waals surface area contributed by atoms with E-state index in [9.17, 15) is 9.59 Å². The molecule has 1 heterocycles. The molecule has 0 fully saturated rings. The Kier molecular flexibility index (Phi) is 5.74. The van der Waals surface area contributed by atoms with Crippen LogP contribution < -0.4 is 5.32 Å². The summed E-state index contributed by atoms with van der Waals surface area (Å²) in [5, 5.41) is 20.6. The molecule has 0 aliphatic rings. The third-order valence-electron chi connectivity index (χ3n) is 1.97. The molecule has 7 heteroatoms. The van der Waals surface area contributed by atoms with E-state index in [0.717, 1.165) is 17.1 Å². The van der Waals surface area contributed by atoms with E-state index in [2.05, 4.69) is 33.4 Å². The average Bonchev–Trinajstić information content (AvgIpc) is 2.87. The van der Waals surface area contributed by atoms with Crippen molar-refractivity contribution >= 4 is 22.9 Å². The van der Waals surface area contributed by atoms with E-state index < -0.39 is 5.97 Å². The van der Waals surface area contributed by atoms with E-state index in [1.54, 1.807) is 0 Å². The van der Waals surface area contributed by atoms with Gasteiger partial charge in [0.1, 0.15) is 0 Å². The number of nitrogens with zero attached hydrogens (tertiary/aromatic N) is 2. The molecule has 0 radical (unpaired) electrons. The molecule has 0 aliphatic heterocycles. The van der Waals surface area contributed by atoms with Crippen molar-refractivity contribution in [2.45, 2.75) is 6.42 Å². The zero-order valence-electron chi connectivity index (χ0n) is 10.1. The Morgan fingerprint density at radius 1 is 1.53 bits per heavy atom. The largest absolute Gasteiger partial charge is 0.481 e. The lowest BCUT2D eigenvalue weighted by Gasteiger charge is -1.96. The number of aromatic nitrogens is 3. The quantitative estimate of drug-likeness (QED) is 0.549. The predicted molar refractivity (Wildman–Crippen MR) is 68.2 cm³/mol. The molecule has 100 valence electrons. The number of carboxylic acids is 1. The molecular weight excluding hydrogens is 248 g/mol. The highest BCUT2D eigenvalue weighted by atomic mass is 16.4. The number of aliphatic carboxylic acids is 1. The molecule has 3 N–H and O–H groups in total. The highest BCUT2D eigenvalue weighted by Gasteiger charge is 1.96. The third kappa shape index (κ3) is 5.44. The maximum Gasteiger partial charge on any atom is 0.305 e. The second-order valence-corrected chi connectivity index (χ2v) is 3.37. The van der Waals surface area contributed by atoms with Gasteiger partial charge in [-0.15, -0.1) is 6.07 Å². The second kappa shape index (κ2) is 7.59. The Morgan fingerprint density at radius 2 is 2.32 bits per heavy atom. The molecule has 0 bridgehead atoms. The van der Waals surface area contributed by atoms with Crippen molar-refractivity contribution < 1.29 is 14.7 Å². The summed E-state index contributed by atoms with van der Waals surface area (Å²) in [5.74, 6) is -1.27. The van der Waals surface area contributed by atoms with Gasteiger partial charge < -0.3 is 10.4 Å². The number of hydrogen-bond donors (Lipinski definition) is 3. The van der Waals surface area contributed by atoms with Gasteiger partial charge in [-0.1, -0.05) is 6.58 Å². The summed E-state index contributed by atoms with van der Waals surface area (Å²) in [6.45, 7) is 3.35. The van der Waals surface area contributed by atoms with Gasteiger partial charge in [-0.2, -0.15) is 23.3 Å². The monoisotopic (exact) mass is 261 g/mol. The average molecular weight is 261 g/mol. The standard InChI is InChI=1S/C6H4N3.C6H9NO3/c1-2-4-6-5(3-1)7-9-8-6;1-2-5(8)7-4-3-6(9)10/h1-3H,(H,7,8,9);2H,1,3-4H2,(H,7,8)(H,9,10)/q-1;. The predicted octanol–water partition coefficient (Wildman–Crippen LogP) is 0.521. The van der Waals surface area contributed by atoms with Crippen molar-refractivity contribution in [1.82, 2.24) is 20.7 Å². The van der Waals surface area contributed by atoms with Crippen LogP contribution in [-0.4, -0.2) is 38.9 Å². The number of aromatic amines is 1. The highest BCUT2D eigenvalue weighted by molar-refractivity contribution is 5.87. The Hall–Kier alpha value is -2.70. The fourth-order valence-electron chi connectivity index (χ4n) is 1.09. The van der Waals surface area contributed by atoms with Crippen molar-refractivity contribution in [3.63, 3.8) is 0 Å². The minimum Gasteiger partial charge on any atom is -0.481 e. The van der Waals surface area contributed by atoms with Crippen LogP contribution in [0, 0.1) is 6.07 Å². The van der Waals surface area contributed by atoms with Gasteiger partial charge in [0.05, 0.1) is 6.42 Å². The number of carboxylic acid groups (broad SMARTS) is 1. The number of carbonyl (C=O) groups is 2. The maximum atomic E-state index is 10.4. The number of rotatable bonds is 4. The van der Waals surface area contributed by atoms with Gasteiger partial charge in [0, 0.05) is 12.1 Å². The van der Waals surface area contributed by atoms with E-state index in [4.69, 9.17) is 5.11 Å². The maximum absolute atomic E-state index is 10.4. The summed E-state index contributed by atoms with van der Waals surface area (Å²) in [7, 11) is 0. The van der Waals surface area contributed by atoms with Crippen LogP contribution in [0.25, 0.3) is 11.0 Å². The summed E-state index contributed by atoms with van der Waals surface area (Å²) in [6.07, 6.45) is 1.04. The Bertz CT molecular complexity index is 535. The molecule has 1 aromatic carbocycles. The second-order valence-electron chi connectivity index (χ2n) is 3.37. The van der Waals surface area contributed by atoms with Crippen molar-refractivity contribution in [3.05, 3.63) is 36.9 Å². The van der Waals surface area contributed by atoms with E-state index in [0.29, 0.717) is 0 Å². The lowest BCUT2D eigenvalue weighted by molar-refractivity contribution is -0.136. The zero-order valence-corrected chi connectivity index (χ0v) is 10.1. The first-order valence-corrected chi connectivity index (χ1v) is 5.42. The molecule has 0 unspecified atom stereocenters. The molecule has 0 saturated carbocycles. The summed E-state index contributed by atoms with van der Waals surface area (Å²) >= 11 is 0. The molecule has 2 aromatic rings. The molecular formula is C12H13N4O3-. The number of nitrogens with one attached hydrogen (secondary N) is 2. The van der Waals surface area contributed by atoms with Crippen molar-refractivity contribution in [2.24, 2.45) is 0 Å². The van der Waals surface area contributed by atoms with E-state index >= 15 is 0 Å². The van der Waals surface area contributed by atoms with E-state index in [1.165, 1.54) is 0 Å². The number of carbonyl (C=O) groups excluding carboxylic acids is 1. The van der Waals surface area contributed by atoms with Crippen molar-refractivity contribution in [2.75, 3.05) is 6.54 Å². The number of amides is 1. The van der Waals surface area contributed by atoms with Crippen LogP contribution in [0.15, 0.2) is 30.9 Å². The van der Waals surface area contributed by atoms with E-state index in [1.807, 2.05) is 18.2 Å². The van der Waals surface area contributed by atoms with Crippen molar-refractivity contribution in [3.8, 4) is 0 Å². The van der Waals surface area contributed by atoms with Gasteiger partial charge in [-0.3, -0.25) is 9.59 Å². The fourth-order valence-corrected chi connectivity index (χ4v) is 1.09. The topological polar surface area (TPSA) is 108 Å². The number of para-hydroxylation sites is 1. The molecule has 7 nitrogen and oxygen atoms in total. The van der Waals surface area contributed by atoms with Crippen LogP contribution in [-0.2, 0) is 9.59 Å². The molecule has 0 spiro atoms. The van der Waals surface area contributed by atoms with Gasteiger partial charge in [0.15, 0.2) is 0 Å². The smallest absolute Gasteiger partial charge is 0.305 e. The number of hydrogen-bond acceptors (Lipinski definition) is 4. The van der Waals surface area contributed by atoms with Crippen LogP contribution in [0.5, 0.6) is 0 Å². The normalized spacial score (nSPS) is 9.26. The molecule has 1 amide bonds. The van der Waals surface area contributed by atoms with Gasteiger partial charge in [0.2, 0.25) is 5.91 Å². The Labute approximate surface area is 109 Å². The Balaban J connectivity index is 0.000000190. The summed E-state index contributed by atoms with van der Waals surface area (Å²) in [5.41, 5.74) is 1.65. The van der Waals surface area contributed by atoms with Crippen molar-refractivity contribution in [1.29, 1.82) is 0 Å². The molecule has 0 saturated heterocycles. The molecule has 19 heavy (non-hydrogen) atoms. The van der Waals surface area contributed by atoms with Crippen LogP contribution in [0.1, 0.15) is 6.42 Å². The minimum atomic E-state index is -0.927. The molecule has 0 aliphatic carbocycles. The molecule has 2 rings (SSSR count). The zero-order chi connectivity index (χ0) is 14.1. The number of benzene rings is 1. The van der Waals surface area contributed by atoms with Gasteiger partial charge in [0.25, 0.3) is 0 Å². The first-order chi connectivity index (χ1) is 9.13. The van der Waals surface area contributed by atoms with Gasteiger partial charge >= 0.3 is 5.97 Å². The van der Waals surface area contributed by atoms with Crippen LogP contribution in [0.3, 0.4) is 0 Å². The van der Waals surface area contributed by atoms with Crippen LogP contribution in [0.4, 0.5) is 0 Å². The number of H-pyrrole nitrogens is 1. The summed E-state index contributed by atoms with van der Waals surface area (Å²) < 4.78 is 0.